The van der Waals surface area contributed by atoms with Crippen LogP contribution >= 0.6 is 0 Å². The molecule has 4 aromatic carbocycles. The summed E-state index contributed by atoms with van der Waals surface area (Å²) in [5.41, 5.74) is 8.67. The van der Waals surface area contributed by atoms with E-state index in [9.17, 15) is 4.79 Å². The first-order chi connectivity index (χ1) is 16.1. The summed E-state index contributed by atoms with van der Waals surface area (Å²) in [6.07, 6.45) is 1.51. The largest absolute Gasteiger partial charge is 0.468 e. The Bertz CT molecular complexity index is 1310. The first-order valence-corrected chi connectivity index (χ1v) is 11.6. The highest BCUT2D eigenvalue weighted by atomic mass is 16.5. The van der Waals surface area contributed by atoms with Gasteiger partial charge < -0.3 is 4.74 Å². The summed E-state index contributed by atoms with van der Waals surface area (Å²) >= 11 is 0. The summed E-state index contributed by atoms with van der Waals surface area (Å²) in [5, 5.41) is 0. The fourth-order valence-electron chi connectivity index (χ4n) is 6.34. The van der Waals surface area contributed by atoms with Gasteiger partial charge in [0.05, 0.1) is 7.11 Å². The number of hydrogen-bond acceptors (Lipinski definition) is 2. The summed E-state index contributed by atoms with van der Waals surface area (Å²) in [5.74, 6) is -0.178. The maximum atomic E-state index is 13.6. The third-order valence-corrected chi connectivity index (χ3v) is 7.93. The van der Waals surface area contributed by atoms with E-state index in [0.717, 1.165) is 28.7 Å². The Labute approximate surface area is 194 Å². The number of fused-ring (bicyclic) bond motifs is 6. The highest BCUT2D eigenvalue weighted by Crippen LogP contribution is 2.56. The standard InChI is InChI=1S/C31H26O2/c1-30(25-15-7-3-11-21(25)22-12-4-8-16-26(22)30)19-20-31(29(32)33-2)27-17-9-5-13-23(27)24-14-6-10-18-28(24)31/h3-18H,19-20H2,1-2H3. The predicted molar refractivity (Wildman–Crippen MR) is 132 cm³/mol. The maximum absolute atomic E-state index is 13.6. The molecule has 0 bridgehead atoms. The average Bonchev–Trinajstić information content (AvgIpc) is 3.31. The lowest BCUT2D eigenvalue weighted by atomic mass is 9.68. The lowest BCUT2D eigenvalue weighted by molar-refractivity contribution is -0.146. The van der Waals surface area contributed by atoms with E-state index >= 15 is 0 Å². The Kier molecular flexibility index (Phi) is 4.35. The molecule has 0 heterocycles. The van der Waals surface area contributed by atoms with E-state index in [4.69, 9.17) is 4.74 Å². The summed E-state index contributed by atoms with van der Waals surface area (Å²) < 4.78 is 5.50. The van der Waals surface area contributed by atoms with Gasteiger partial charge in [-0.3, -0.25) is 4.79 Å². The van der Waals surface area contributed by atoms with Crippen LogP contribution in [0.15, 0.2) is 97.1 Å². The summed E-state index contributed by atoms with van der Waals surface area (Å²) in [6, 6.07) is 34.0. The average molecular weight is 431 g/mol. The molecule has 6 rings (SSSR count). The molecule has 2 aliphatic carbocycles. The van der Waals surface area contributed by atoms with Crippen molar-refractivity contribution in [1.82, 2.24) is 0 Å². The number of carbonyl (C=O) groups excluding carboxylic acids is 1. The number of ether oxygens (including phenoxy) is 1. The highest BCUT2D eigenvalue weighted by Gasteiger charge is 2.51. The third kappa shape index (κ3) is 2.58. The zero-order valence-corrected chi connectivity index (χ0v) is 19.0. The number of hydrogen-bond donors (Lipinski definition) is 0. The Hall–Kier alpha value is -3.65. The molecule has 0 unspecified atom stereocenters. The molecule has 0 fully saturated rings. The summed E-state index contributed by atoms with van der Waals surface area (Å²) in [7, 11) is 1.51. The molecule has 0 N–H and O–H groups in total. The van der Waals surface area contributed by atoms with Gasteiger partial charge in [-0.1, -0.05) is 104 Å². The molecule has 2 heteroatoms. The Morgan fingerprint density at radius 3 is 1.39 bits per heavy atom. The molecule has 0 atom stereocenters. The van der Waals surface area contributed by atoms with E-state index in [-0.39, 0.29) is 11.4 Å². The van der Waals surface area contributed by atoms with Crippen LogP contribution in [0.2, 0.25) is 0 Å². The number of rotatable bonds is 4. The van der Waals surface area contributed by atoms with Crippen molar-refractivity contribution in [2.75, 3.05) is 7.11 Å². The first kappa shape index (κ1) is 20.0. The molecular weight excluding hydrogens is 404 g/mol. The smallest absolute Gasteiger partial charge is 0.320 e. The molecule has 0 saturated heterocycles. The van der Waals surface area contributed by atoms with Crippen LogP contribution in [0.1, 0.15) is 42.0 Å². The topological polar surface area (TPSA) is 26.3 Å². The van der Waals surface area contributed by atoms with Gasteiger partial charge in [-0.15, -0.1) is 0 Å². The number of methoxy groups -OCH3 is 1. The number of carbonyl (C=O) groups is 1. The molecule has 4 aromatic rings. The summed E-state index contributed by atoms with van der Waals surface area (Å²) in [6.45, 7) is 2.33. The van der Waals surface area contributed by atoms with Gasteiger partial charge >= 0.3 is 5.97 Å². The quantitative estimate of drug-likeness (QED) is 0.329. The van der Waals surface area contributed by atoms with Crippen molar-refractivity contribution in [3.05, 3.63) is 119 Å². The van der Waals surface area contributed by atoms with E-state index in [2.05, 4.69) is 79.7 Å². The van der Waals surface area contributed by atoms with Crippen molar-refractivity contribution >= 4 is 5.97 Å². The summed E-state index contributed by atoms with van der Waals surface area (Å²) in [4.78, 5) is 13.6. The van der Waals surface area contributed by atoms with Crippen LogP contribution in [0.4, 0.5) is 0 Å². The maximum Gasteiger partial charge on any atom is 0.320 e. The zero-order chi connectivity index (χ0) is 22.6. The molecule has 0 aromatic heterocycles. The van der Waals surface area contributed by atoms with Crippen molar-refractivity contribution in [2.45, 2.75) is 30.6 Å². The van der Waals surface area contributed by atoms with Crippen LogP contribution in [0.25, 0.3) is 22.3 Å². The third-order valence-electron chi connectivity index (χ3n) is 7.93. The lowest BCUT2D eigenvalue weighted by Gasteiger charge is -2.34. The Morgan fingerprint density at radius 1 is 0.606 bits per heavy atom. The molecule has 0 spiro atoms. The zero-order valence-electron chi connectivity index (χ0n) is 19.0. The van der Waals surface area contributed by atoms with E-state index in [1.165, 1.54) is 29.4 Å². The highest BCUT2D eigenvalue weighted by molar-refractivity contribution is 5.98. The van der Waals surface area contributed by atoms with Crippen molar-refractivity contribution in [3.63, 3.8) is 0 Å². The molecular formula is C31H26O2. The van der Waals surface area contributed by atoms with Crippen LogP contribution in [-0.4, -0.2) is 13.1 Å². The molecule has 162 valence electrons. The molecule has 0 aliphatic heterocycles. The molecule has 2 nitrogen and oxygen atoms in total. The van der Waals surface area contributed by atoms with Gasteiger partial charge in [-0.25, -0.2) is 0 Å². The predicted octanol–water partition coefficient (Wildman–Crippen LogP) is 6.89. The normalized spacial score (nSPS) is 15.8. The van der Waals surface area contributed by atoms with Gasteiger partial charge in [0.25, 0.3) is 0 Å². The minimum absolute atomic E-state index is 0.178. The van der Waals surface area contributed by atoms with Gasteiger partial charge in [-0.05, 0) is 57.3 Å². The molecule has 0 radical (unpaired) electrons. The molecule has 2 aliphatic rings. The fourth-order valence-corrected chi connectivity index (χ4v) is 6.34. The van der Waals surface area contributed by atoms with Gasteiger partial charge in [-0.2, -0.15) is 0 Å². The van der Waals surface area contributed by atoms with Gasteiger partial charge in [0, 0.05) is 5.41 Å². The van der Waals surface area contributed by atoms with Crippen molar-refractivity contribution in [1.29, 1.82) is 0 Å². The van der Waals surface area contributed by atoms with Gasteiger partial charge in [0.1, 0.15) is 5.41 Å². The van der Waals surface area contributed by atoms with Crippen LogP contribution in [0, 0.1) is 0 Å². The Morgan fingerprint density at radius 2 is 0.970 bits per heavy atom. The van der Waals surface area contributed by atoms with Gasteiger partial charge in [0.15, 0.2) is 0 Å². The van der Waals surface area contributed by atoms with E-state index in [1.807, 2.05) is 24.3 Å². The van der Waals surface area contributed by atoms with E-state index in [1.54, 1.807) is 0 Å². The number of benzene rings is 4. The van der Waals surface area contributed by atoms with Crippen LogP contribution in [-0.2, 0) is 20.4 Å². The van der Waals surface area contributed by atoms with Crippen LogP contribution < -0.4 is 0 Å². The number of esters is 1. The molecule has 33 heavy (non-hydrogen) atoms. The second-order valence-corrected chi connectivity index (χ2v) is 9.41. The van der Waals surface area contributed by atoms with E-state index in [0.29, 0.717) is 6.42 Å². The second kappa shape index (κ2) is 7.18. The van der Waals surface area contributed by atoms with Crippen LogP contribution in [0.3, 0.4) is 0 Å². The van der Waals surface area contributed by atoms with E-state index < -0.39 is 5.41 Å². The second-order valence-electron chi connectivity index (χ2n) is 9.41. The van der Waals surface area contributed by atoms with Crippen molar-refractivity contribution in [2.24, 2.45) is 0 Å². The minimum Gasteiger partial charge on any atom is -0.468 e. The lowest BCUT2D eigenvalue weighted by Crippen LogP contribution is -2.38. The SMILES string of the molecule is COC(=O)C1(CCC2(C)c3ccccc3-c3ccccc32)c2ccccc2-c2ccccc21. The van der Waals surface area contributed by atoms with Crippen molar-refractivity contribution < 1.29 is 9.53 Å². The minimum atomic E-state index is -0.808. The van der Waals surface area contributed by atoms with Crippen molar-refractivity contribution in [3.8, 4) is 22.3 Å². The molecule has 0 saturated carbocycles. The monoisotopic (exact) mass is 430 g/mol. The first-order valence-electron chi connectivity index (χ1n) is 11.6. The molecule has 0 amide bonds. The Balaban J connectivity index is 1.52. The van der Waals surface area contributed by atoms with Crippen LogP contribution in [0.5, 0.6) is 0 Å². The van der Waals surface area contributed by atoms with Gasteiger partial charge in [0.2, 0.25) is 0 Å². The fraction of sp³-hybridized carbons (Fsp3) is 0.194.